The Morgan fingerprint density at radius 2 is 2.27 bits per heavy atom. The largest absolute Gasteiger partial charge is 0.330 e. The van der Waals surface area contributed by atoms with Crippen molar-refractivity contribution in [1.82, 2.24) is 0 Å². The van der Waals surface area contributed by atoms with Crippen molar-refractivity contribution in [2.45, 2.75) is 6.42 Å². The topological polar surface area (TPSA) is 69.2 Å². The summed E-state index contributed by atoms with van der Waals surface area (Å²) in [4.78, 5) is 10.3. The minimum Gasteiger partial charge on any atom is -0.330 e. The van der Waals surface area contributed by atoms with Crippen LogP contribution in [0, 0.1) is 10.1 Å². The van der Waals surface area contributed by atoms with Crippen LogP contribution in [0.3, 0.4) is 0 Å². The number of nitrogens with two attached hydrogens (primary N) is 1. The number of hydrogen-bond acceptors (Lipinski definition) is 3. The number of halogens is 1. The molecule has 5 heteroatoms. The lowest BCUT2D eigenvalue weighted by atomic mass is 10.0. The average molecular weight is 227 g/mol. The Morgan fingerprint density at radius 3 is 2.80 bits per heavy atom. The molecule has 15 heavy (non-hydrogen) atoms. The summed E-state index contributed by atoms with van der Waals surface area (Å²) < 4.78 is 0. The second kappa shape index (κ2) is 4.91. The standard InChI is InChI=1S/C10H11ClN2O2/c1-7(4-5-12)9-6-8(11)2-3-10(9)13(14)15/h2-3,6H,1,4-5,12H2. The van der Waals surface area contributed by atoms with Crippen molar-refractivity contribution in [3.8, 4) is 0 Å². The Bertz CT molecular complexity index is 404. The van der Waals surface area contributed by atoms with Crippen LogP contribution in [0.5, 0.6) is 0 Å². The Morgan fingerprint density at radius 1 is 1.60 bits per heavy atom. The Labute approximate surface area is 92.5 Å². The molecule has 4 nitrogen and oxygen atoms in total. The van der Waals surface area contributed by atoms with Crippen molar-refractivity contribution in [3.05, 3.63) is 45.5 Å². The highest BCUT2D eigenvalue weighted by molar-refractivity contribution is 6.30. The third-order valence-electron chi connectivity index (χ3n) is 1.98. The summed E-state index contributed by atoms with van der Waals surface area (Å²) in [6, 6.07) is 4.40. The molecule has 0 aliphatic heterocycles. The van der Waals surface area contributed by atoms with Crippen molar-refractivity contribution < 1.29 is 4.92 Å². The van der Waals surface area contributed by atoms with Gasteiger partial charge in [0.05, 0.1) is 10.5 Å². The van der Waals surface area contributed by atoms with Gasteiger partial charge in [0, 0.05) is 11.1 Å². The zero-order chi connectivity index (χ0) is 11.4. The molecule has 2 N–H and O–H groups in total. The summed E-state index contributed by atoms with van der Waals surface area (Å²) in [5.41, 5.74) is 6.47. The predicted octanol–water partition coefficient (Wildman–Crippen LogP) is 2.61. The van der Waals surface area contributed by atoms with E-state index in [0.717, 1.165) is 0 Å². The van der Waals surface area contributed by atoms with Crippen LogP contribution < -0.4 is 5.73 Å². The second-order valence-electron chi connectivity index (χ2n) is 3.06. The van der Waals surface area contributed by atoms with Gasteiger partial charge < -0.3 is 5.73 Å². The van der Waals surface area contributed by atoms with Crippen molar-refractivity contribution in [1.29, 1.82) is 0 Å². The first-order valence-corrected chi connectivity index (χ1v) is 4.76. The molecular formula is C10H11ClN2O2. The quantitative estimate of drug-likeness (QED) is 0.634. The third-order valence-corrected chi connectivity index (χ3v) is 2.22. The number of hydrogen-bond donors (Lipinski definition) is 1. The zero-order valence-electron chi connectivity index (χ0n) is 8.07. The van der Waals surface area contributed by atoms with Crippen LogP contribution >= 0.6 is 11.6 Å². The fraction of sp³-hybridized carbons (Fsp3) is 0.200. The Hall–Kier alpha value is -1.39. The fourth-order valence-electron chi connectivity index (χ4n) is 1.26. The molecule has 0 amide bonds. The molecule has 0 aromatic heterocycles. The smallest absolute Gasteiger partial charge is 0.276 e. The van der Waals surface area contributed by atoms with Crippen LogP contribution in [0.2, 0.25) is 5.02 Å². The van der Waals surface area contributed by atoms with Crippen molar-refractivity contribution >= 4 is 22.9 Å². The molecule has 0 aliphatic rings. The van der Waals surface area contributed by atoms with E-state index in [0.29, 0.717) is 29.1 Å². The van der Waals surface area contributed by atoms with Gasteiger partial charge in [-0.15, -0.1) is 0 Å². The van der Waals surface area contributed by atoms with E-state index in [1.165, 1.54) is 18.2 Å². The summed E-state index contributed by atoms with van der Waals surface area (Å²) in [6.07, 6.45) is 0.515. The Kier molecular flexibility index (Phi) is 3.82. The van der Waals surface area contributed by atoms with Crippen LogP contribution in [-0.2, 0) is 0 Å². The number of nitro benzene ring substituents is 1. The summed E-state index contributed by atoms with van der Waals surface area (Å²) in [6.45, 7) is 4.16. The van der Waals surface area contributed by atoms with E-state index in [1.54, 1.807) is 0 Å². The first-order valence-electron chi connectivity index (χ1n) is 4.38. The number of rotatable bonds is 4. The molecule has 0 heterocycles. The summed E-state index contributed by atoms with van der Waals surface area (Å²) in [5.74, 6) is 0. The van der Waals surface area contributed by atoms with Gasteiger partial charge >= 0.3 is 0 Å². The summed E-state index contributed by atoms with van der Waals surface area (Å²) in [7, 11) is 0. The maximum atomic E-state index is 10.7. The molecule has 0 radical (unpaired) electrons. The molecule has 0 saturated carbocycles. The molecule has 0 aliphatic carbocycles. The number of nitrogens with zero attached hydrogens (tertiary/aromatic N) is 1. The first-order chi connectivity index (χ1) is 7.06. The van der Waals surface area contributed by atoms with E-state index in [9.17, 15) is 10.1 Å². The lowest BCUT2D eigenvalue weighted by molar-refractivity contribution is -0.385. The molecular weight excluding hydrogens is 216 g/mol. The van der Waals surface area contributed by atoms with Gasteiger partial charge in [0.25, 0.3) is 5.69 Å². The maximum absolute atomic E-state index is 10.7. The molecule has 80 valence electrons. The lowest BCUT2D eigenvalue weighted by Gasteiger charge is -2.05. The summed E-state index contributed by atoms with van der Waals surface area (Å²) >= 11 is 5.77. The average Bonchev–Trinajstić information content (AvgIpc) is 2.17. The molecule has 0 unspecified atom stereocenters. The normalized spacial score (nSPS) is 10.0. The molecule has 0 spiro atoms. The molecule has 0 fully saturated rings. The molecule has 1 aromatic rings. The van der Waals surface area contributed by atoms with Crippen LogP contribution in [0.15, 0.2) is 24.8 Å². The second-order valence-corrected chi connectivity index (χ2v) is 3.50. The van der Waals surface area contributed by atoms with E-state index in [4.69, 9.17) is 17.3 Å². The molecule has 0 atom stereocenters. The van der Waals surface area contributed by atoms with Crippen molar-refractivity contribution in [3.63, 3.8) is 0 Å². The van der Waals surface area contributed by atoms with Crippen molar-refractivity contribution in [2.24, 2.45) is 5.73 Å². The minimum absolute atomic E-state index is 0.0119. The van der Waals surface area contributed by atoms with Crippen molar-refractivity contribution in [2.75, 3.05) is 6.54 Å². The fourth-order valence-corrected chi connectivity index (χ4v) is 1.43. The van der Waals surface area contributed by atoms with Gasteiger partial charge in [-0.2, -0.15) is 0 Å². The van der Waals surface area contributed by atoms with E-state index in [2.05, 4.69) is 6.58 Å². The first kappa shape index (κ1) is 11.7. The van der Waals surface area contributed by atoms with Gasteiger partial charge in [0.15, 0.2) is 0 Å². The molecule has 0 bridgehead atoms. The number of nitro groups is 1. The molecule has 1 rings (SSSR count). The minimum atomic E-state index is -0.451. The van der Waals surface area contributed by atoms with E-state index >= 15 is 0 Å². The third kappa shape index (κ3) is 2.78. The van der Waals surface area contributed by atoms with Gasteiger partial charge in [0.1, 0.15) is 0 Å². The monoisotopic (exact) mass is 226 g/mol. The SMILES string of the molecule is C=C(CCN)c1cc(Cl)ccc1[N+](=O)[O-]. The summed E-state index contributed by atoms with van der Waals surface area (Å²) in [5, 5.41) is 11.2. The van der Waals surface area contributed by atoms with E-state index < -0.39 is 4.92 Å². The maximum Gasteiger partial charge on any atom is 0.276 e. The van der Waals surface area contributed by atoms with Crippen LogP contribution in [0.1, 0.15) is 12.0 Å². The van der Waals surface area contributed by atoms with Crippen LogP contribution in [0.25, 0.3) is 5.57 Å². The van der Waals surface area contributed by atoms with Crippen LogP contribution in [0.4, 0.5) is 5.69 Å². The molecule has 1 aromatic carbocycles. The highest BCUT2D eigenvalue weighted by Gasteiger charge is 2.15. The predicted molar refractivity (Wildman–Crippen MR) is 60.8 cm³/mol. The molecule has 0 saturated heterocycles. The van der Waals surface area contributed by atoms with Gasteiger partial charge in [0.2, 0.25) is 0 Å². The van der Waals surface area contributed by atoms with Gasteiger partial charge in [-0.25, -0.2) is 0 Å². The highest BCUT2D eigenvalue weighted by Crippen LogP contribution is 2.29. The Balaban J connectivity index is 3.18. The highest BCUT2D eigenvalue weighted by atomic mass is 35.5. The van der Waals surface area contributed by atoms with Crippen LogP contribution in [-0.4, -0.2) is 11.5 Å². The van der Waals surface area contributed by atoms with Gasteiger partial charge in [-0.3, -0.25) is 10.1 Å². The van der Waals surface area contributed by atoms with E-state index in [1.807, 2.05) is 0 Å². The van der Waals surface area contributed by atoms with Gasteiger partial charge in [-0.05, 0) is 30.7 Å². The number of benzene rings is 1. The van der Waals surface area contributed by atoms with Gasteiger partial charge in [-0.1, -0.05) is 18.2 Å². The zero-order valence-corrected chi connectivity index (χ0v) is 8.83. The lowest BCUT2D eigenvalue weighted by Crippen LogP contribution is -2.01. The van der Waals surface area contributed by atoms with E-state index in [-0.39, 0.29) is 5.69 Å².